The van der Waals surface area contributed by atoms with Gasteiger partial charge in [0.1, 0.15) is 5.82 Å². The van der Waals surface area contributed by atoms with Crippen LogP contribution in [0.15, 0.2) is 36.5 Å². The van der Waals surface area contributed by atoms with Gasteiger partial charge in [-0.05, 0) is 50.9 Å². The van der Waals surface area contributed by atoms with Gasteiger partial charge in [0.05, 0.1) is 6.54 Å². The van der Waals surface area contributed by atoms with Crippen molar-refractivity contribution >= 4 is 11.6 Å². The summed E-state index contributed by atoms with van der Waals surface area (Å²) in [6.45, 7) is 6.18. The number of nitrogens with one attached hydrogen (secondary N) is 1. The second kappa shape index (κ2) is 7.53. The van der Waals surface area contributed by atoms with E-state index in [4.69, 9.17) is 0 Å². The monoisotopic (exact) mass is 324 g/mol. The molecule has 0 radical (unpaired) electrons. The summed E-state index contributed by atoms with van der Waals surface area (Å²) in [5.41, 5.74) is 3.06. The molecule has 5 heteroatoms. The highest BCUT2D eigenvalue weighted by Crippen LogP contribution is 2.25. The van der Waals surface area contributed by atoms with E-state index in [1.54, 1.807) is 0 Å². The van der Waals surface area contributed by atoms with Crippen LogP contribution in [-0.4, -0.2) is 40.4 Å². The van der Waals surface area contributed by atoms with Gasteiger partial charge in [-0.2, -0.15) is 0 Å². The van der Waals surface area contributed by atoms with E-state index in [1.165, 1.54) is 0 Å². The molecule has 1 N–H and O–H groups in total. The average molecular weight is 324 g/mol. The van der Waals surface area contributed by atoms with Crippen LogP contribution in [0.1, 0.15) is 35.8 Å². The third-order valence-corrected chi connectivity index (χ3v) is 4.51. The average Bonchev–Trinajstić information content (AvgIpc) is 2.57. The summed E-state index contributed by atoms with van der Waals surface area (Å²) < 4.78 is 0. The van der Waals surface area contributed by atoms with E-state index in [2.05, 4.69) is 20.2 Å². The van der Waals surface area contributed by atoms with Gasteiger partial charge in [0.25, 0.3) is 0 Å². The fraction of sp³-hybridized carbons (Fsp3) is 0.421. The summed E-state index contributed by atoms with van der Waals surface area (Å²) in [6, 6.07) is 9.86. The minimum Gasteiger partial charge on any atom is -0.325 e. The lowest BCUT2D eigenvalue weighted by atomic mass is 9.94. The van der Waals surface area contributed by atoms with Crippen LogP contribution in [0.4, 0.5) is 5.69 Å². The van der Waals surface area contributed by atoms with Gasteiger partial charge in [0.2, 0.25) is 5.91 Å². The molecule has 1 aliphatic rings. The molecule has 1 aromatic heterocycles. The molecule has 1 aliphatic heterocycles. The second-order valence-corrected chi connectivity index (χ2v) is 6.47. The quantitative estimate of drug-likeness (QED) is 0.939. The number of aromatic nitrogens is 2. The highest BCUT2D eigenvalue weighted by molar-refractivity contribution is 5.92. The number of carbonyl (C=O) groups excluding carboxylic acids is 1. The molecule has 1 amide bonds. The van der Waals surface area contributed by atoms with Crippen molar-refractivity contribution in [2.24, 2.45) is 0 Å². The van der Waals surface area contributed by atoms with Crippen molar-refractivity contribution in [3.8, 4) is 0 Å². The third-order valence-electron chi connectivity index (χ3n) is 4.51. The van der Waals surface area contributed by atoms with Crippen LogP contribution < -0.4 is 5.32 Å². The summed E-state index contributed by atoms with van der Waals surface area (Å²) in [6.07, 6.45) is 4.03. The second-order valence-electron chi connectivity index (χ2n) is 6.47. The largest absolute Gasteiger partial charge is 0.325 e. The van der Waals surface area contributed by atoms with Crippen molar-refractivity contribution in [3.63, 3.8) is 0 Å². The number of nitrogens with zero attached hydrogens (tertiary/aromatic N) is 3. The lowest BCUT2D eigenvalue weighted by Gasteiger charge is -2.32. The normalized spacial score (nSPS) is 18.3. The summed E-state index contributed by atoms with van der Waals surface area (Å²) in [5, 5.41) is 3.01. The fourth-order valence-electron chi connectivity index (χ4n) is 3.25. The van der Waals surface area contributed by atoms with Gasteiger partial charge in [-0.25, -0.2) is 9.97 Å². The summed E-state index contributed by atoms with van der Waals surface area (Å²) in [7, 11) is 0. The molecule has 1 aromatic carbocycles. The highest BCUT2D eigenvalue weighted by atomic mass is 16.2. The van der Waals surface area contributed by atoms with Gasteiger partial charge in [-0.1, -0.05) is 18.2 Å². The molecule has 1 saturated heterocycles. The van der Waals surface area contributed by atoms with Crippen LogP contribution in [0, 0.1) is 13.8 Å². The van der Waals surface area contributed by atoms with E-state index in [-0.39, 0.29) is 5.91 Å². The number of anilines is 1. The van der Waals surface area contributed by atoms with Crippen LogP contribution in [0.3, 0.4) is 0 Å². The first-order valence-corrected chi connectivity index (χ1v) is 8.49. The number of hydrogen-bond donors (Lipinski definition) is 1. The van der Waals surface area contributed by atoms with Crippen molar-refractivity contribution in [1.29, 1.82) is 0 Å². The number of piperidine rings is 1. The maximum Gasteiger partial charge on any atom is 0.238 e. The van der Waals surface area contributed by atoms with E-state index in [0.29, 0.717) is 12.5 Å². The maximum atomic E-state index is 12.4. The third kappa shape index (κ3) is 4.17. The molecule has 24 heavy (non-hydrogen) atoms. The molecule has 3 rings (SSSR count). The van der Waals surface area contributed by atoms with Crippen LogP contribution >= 0.6 is 0 Å². The van der Waals surface area contributed by atoms with Gasteiger partial charge in [0.15, 0.2) is 0 Å². The van der Waals surface area contributed by atoms with Gasteiger partial charge < -0.3 is 5.32 Å². The predicted octanol–water partition coefficient (Wildman–Crippen LogP) is 2.91. The molecule has 5 nitrogen and oxygen atoms in total. The lowest BCUT2D eigenvalue weighted by molar-refractivity contribution is -0.117. The zero-order chi connectivity index (χ0) is 16.9. The molecule has 0 saturated carbocycles. The first-order valence-electron chi connectivity index (χ1n) is 8.49. The standard InChI is InChI=1S/C19H24N4O/c1-14-6-3-4-8-17(14)22-19(24)13-23-11-5-7-16(12-23)18-9-10-20-15(2)21-18/h3-4,6,8-10,16H,5,7,11-13H2,1-2H3,(H,22,24)/t16-/m0/s1. The topological polar surface area (TPSA) is 58.1 Å². The predicted molar refractivity (Wildman–Crippen MR) is 95.0 cm³/mol. The Morgan fingerprint density at radius 2 is 2.12 bits per heavy atom. The molecule has 0 aliphatic carbocycles. The van der Waals surface area contributed by atoms with Crippen molar-refractivity contribution < 1.29 is 4.79 Å². The number of benzene rings is 1. The van der Waals surface area contributed by atoms with Crippen molar-refractivity contribution in [3.05, 3.63) is 53.6 Å². The summed E-state index contributed by atoms with van der Waals surface area (Å²) >= 11 is 0. The molecule has 2 heterocycles. The number of para-hydroxylation sites is 1. The molecule has 0 unspecified atom stereocenters. The molecular weight excluding hydrogens is 300 g/mol. The fourth-order valence-corrected chi connectivity index (χ4v) is 3.25. The number of likely N-dealkylation sites (tertiary alicyclic amines) is 1. The Labute approximate surface area is 143 Å². The molecule has 1 fully saturated rings. The minimum absolute atomic E-state index is 0.0452. The Balaban J connectivity index is 1.59. The van der Waals surface area contributed by atoms with Crippen LogP contribution in [0.2, 0.25) is 0 Å². The molecule has 1 atom stereocenters. The zero-order valence-corrected chi connectivity index (χ0v) is 14.3. The molecular formula is C19H24N4O. The first kappa shape index (κ1) is 16.6. The molecule has 126 valence electrons. The van der Waals surface area contributed by atoms with Gasteiger partial charge >= 0.3 is 0 Å². The number of hydrogen-bond acceptors (Lipinski definition) is 4. The van der Waals surface area contributed by atoms with Crippen molar-refractivity contribution in [2.45, 2.75) is 32.6 Å². The SMILES string of the molecule is Cc1nccc([C@H]2CCCN(CC(=O)Nc3ccccc3C)C2)n1. The van der Waals surface area contributed by atoms with Gasteiger partial charge in [-0.15, -0.1) is 0 Å². The zero-order valence-electron chi connectivity index (χ0n) is 14.3. The maximum absolute atomic E-state index is 12.4. The Morgan fingerprint density at radius 3 is 2.92 bits per heavy atom. The summed E-state index contributed by atoms with van der Waals surface area (Å²) in [4.78, 5) is 23.3. The Hall–Kier alpha value is -2.27. The molecule has 0 spiro atoms. The first-order chi connectivity index (χ1) is 11.6. The Bertz CT molecular complexity index is 716. The Morgan fingerprint density at radius 1 is 1.29 bits per heavy atom. The van der Waals surface area contributed by atoms with Crippen molar-refractivity contribution in [2.75, 3.05) is 25.0 Å². The number of carbonyl (C=O) groups is 1. The van der Waals surface area contributed by atoms with E-state index >= 15 is 0 Å². The molecule has 2 aromatic rings. The summed E-state index contributed by atoms with van der Waals surface area (Å²) in [5.74, 6) is 1.23. The number of aryl methyl sites for hydroxylation is 2. The number of rotatable bonds is 4. The highest BCUT2D eigenvalue weighted by Gasteiger charge is 2.24. The van der Waals surface area contributed by atoms with E-state index in [1.807, 2.05) is 50.4 Å². The van der Waals surface area contributed by atoms with Gasteiger partial charge in [-0.3, -0.25) is 9.69 Å². The van der Waals surface area contributed by atoms with Crippen molar-refractivity contribution in [1.82, 2.24) is 14.9 Å². The van der Waals surface area contributed by atoms with Crippen LogP contribution in [-0.2, 0) is 4.79 Å². The van der Waals surface area contributed by atoms with E-state index < -0.39 is 0 Å². The van der Waals surface area contributed by atoms with Crippen LogP contribution in [0.25, 0.3) is 0 Å². The minimum atomic E-state index is 0.0452. The smallest absolute Gasteiger partial charge is 0.238 e. The van der Waals surface area contributed by atoms with E-state index in [9.17, 15) is 4.79 Å². The lowest BCUT2D eigenvalue weighted by Crippen LogP contribution is -2.40. The number of amides is 1. The Kier molecular flexibility index (Phi) is 5.20. The molecule has 0 bridgehead atoms. The van der Waals surface area contributed by atoms with Gasteiger partial charge in [0, 0.05) is 30.0 Å². The van der Waals surface area contributed by atoms with E-state index in [0.717, 1.165) is 48.7 Å². The van der Waals surface area contributed by atoms with Crippen LogP contribution in [0.5, 0.6) is 0 Å².